The van der Waals surface area contributed by atoms with Crippen LogP contribution in [0.15, 0.2) is 79.4 Å². The highest BCUT2D eigenvalue weighted by Crippen LogP contribution is 2.39. The van der Waals surface area contributed by atoms with E-state index in [1.165, 1.54) is 12.1 Å². The summed E-state index contributed by atoms with van der Waals surface area (Å²) in [6, 6.07) is 9.47. The highest BCUT2D eigenvalue weighted by atomic mass is 19.3. The minimum atomic E-state index is -4.66. The Morgan fingerprint density at radius 1 is 0.766 bits per heavy atom. The lowest BCUT2D eigenvalue weighted by atomic mass is 9.99. The summed E-state index contributed by atoms with van der Waals surface area (Å²) in [5.41, 5.74) is -2.65. The molecule has 0 bridgehead atoms. The van der Waals surface area contributed by atoms with Crippen LogP contribution in [0.3, 0.4) is 0 Å². The van der Waals surface area contributed by atoms with Gasteiger partial charge in [0, 0.05) is 28.7 Å². The predicted octanol–water partition coefficient (Wildman–Crippen LogP) is 10.1. The van der Waals surface area contributed by atoms with Crippen LogP contribution in [0.1, 0.15) is 30.3 Å². The quantitative estimate of drug-likeness (QED) is 0.118. The smallest absolute Gasteiger partial charge is 0.432 e. The maximum Gasteiger partial charge on any atom is 0.432 e. The molecule has 0 spiro atoms. The van der Waals surface area contributed by atoms with Gasteiger partial charge in [-0.2, -0.15) is 17.6 Å². The highest BCUT2D eigenvalue weighted by molar-refractivity contribution is 5.67. The molecule has 0 saturated carbocycles. The molecule has 0 N–H and O–H groups in total. The zero-order chi connectivity index (χ0) is 33.9. The molecule has 1 fully saturated rings. The molecule has 1 saturated heterocycles. The van der Waals surface area contributed by atoms with Gasteiger partial charge in [0.25, 0.3) is 0 Å². The fourth-order valence-corrected chi connectivity index (χ4v) is 5.03. The molecule has 0 aliphatic carbocycles. The topological polar surface area (TPSA) is 36.9 Å². The van der Waals surface area contributed by atoms with Crippen LogP contribution in [0.2, 0.25) is 0 Å². The van der Waals surface area contributed by atoms with E-state index in [0.29, 0.717) is 43.0 Å². The molecule has 5 rings (SSSR count). The van der Waals surface area contributed by atoms with E-state index in [0.717, 1.165) is 43.2 Å². The lowest BCUT2D eigenvalue weighted by molar-refractivity contribution is -0.205. The van der Waals surface area contributed by atoms with Crippen molar-refractivity contribution in [3.63, 3.8) is 0 Å². The highest BCUT2D eigenvalue weighted by Gasteiger charge is 2.41. The van der Waals surface area contributed by atoms with Gasteiger partial charge in [0.05, 0.1) is 13.2 Å². The predicted molar refractivity (Wildman–Crippen MR) is 152 cm³/mol. The van der Waals surface area contributed by atoms with E-state index in [4.69, 9.17) is 9.47 Å². The van der Waals surface area contributed by atoms with Gasteiger partial charge in [0.15, 0.2) is 17.9 Å². The normalized spacial score (nSPS) is 16.7. The van der Waals surface area contributed by atoms with Crippen molar-refractivity contribution in [1.29, 1.82) is 0 Å². The Morgan fingerprint density at radius 3 is 1.98 bits per heavy atom. The number of halogens is 9. The second-order valence-corrected chi connectivity index (χ2v) is 10.6. The summed E-state index contributed by atoms with van der Waals surface area (Å²) in [6.07, 6.45) is -2.15. The molecule has 1 aliphatic rings. The molecule has 4 aromatic carbocycles. The molecule has 4 aromatic rings. The summed E-state index contributed by atoms with van der Waals surface area (Å²) in [6.45, 7) is 1.12. The Morgan fingerprint density at radius 2 is 1.38 bits per heavy atom. The minimum absolute atomic E-state index is 0.145. The van der Waals surface area contributed by atoms with E-state index >= 15 is 22.0 Å². The number of allylic oxidation sites excluding steroid dienone is 1. The van der Waals surface area contributed by atoms with Crippen molar-refractivity contribution in [2.24, 2.45) is 5.92 Å². The molecular weight excluding hydrogens is 643 g/mol. The molecule has 1 aliphatic heterocycles. The van der Waals surface area contributed by atoms with Crippen LogP contribution in [-0.2, 0) is 15.6 Å². The van der Waals surface area contributed by atoms with Crippen LogP contribution in [0.4, 0.5) is 39.5 Å². The van der Waals surface area contributed by atoms with Crippen molar-refractivity contribution >= 4 is 0 Å². The number of hydrogen-bond donors (Lipinski definition) is 0. The van der Waals surface area contributed by atoms with Crippen molar-refractivity contribution in [2.45, 2.75) is 31.9 Å². The van der Waals surface area contributed by atoms with Gasteiger partial charge < -0.3 is 18.9 Å². The summed E-state index contributed by atoms with van der Waals surface area (Å²) < 4.78 is 149. The number of ether oxygens (including phenoxy) is 4. The Balaban J connectivity index is 1.31. The largest absolute Gasteiger partial charge is 0.432 e. The zero-order valence-corrected chi connectivity index (χ0v) is 24.2. The van der Waals surface area contributed by atoms with Gasteiger partial charge in [-0.3, -0.25) is 0 Å². The third kappa shape index (κ3) is 7.74. The van der Waals surface area contributed by atoms with E-state index in [9.17, 15) is 17.6 Å². The van der Waals surface area contributed by atoms with E-state index in [1.54, 1.807) is 6.08 Å². The first-order chi connectivity index (χ1) is 22.4. The summed E-state index contributed by atoms with van der Waals surface area (Å²) in [5, 5.41) is 0. The van der Waals surface area contributed by atoms with Crippen molar-refractivity contribution in [3.05, 3.63) is 120 Å². The van der Waals surface area contributed by atoms with Gasteiger partial charge in [0.1, 0.15) is 34.6 Å². The van der Waals surface area contributed by atoms with Crippen LogP contribution < -0.4 is 9.47 Å². The summed E-state index contributed by atoms with van der Waals surface area (Å²) in [4.78, 5) is 0. The fourth-order valence-electron chi connectivity index (χ4n) is 5.03. The number of rotatable bonds is 11. The van der Waals surface area contributed by atoms with Gasteiger partial charge >= 0.3 is 12.7 Å². The first-order valence-electron chi connectivity index (χ1n) is 14.1. The third-order valence-corrected chi connectivity index (χ3v) is 7.30. The number of hydrogen-bond acceptors (Lipinski definition) is 4. The summed E-state index contributed by atoms with van der Waals surface area (Å²) >= 11 is 0. The monoisotopic (exact) mass is 668 g/mol. The Kier molecular flexibility index (Phi) is 10.2. The van der Waals surface area contributed by atoms with Crippen molar-refractivity contribution in [3.8, 4) is 33.8 Å². The lowest BCUT2D eigenvalue weighted by Gasteiger charge is -2.29. The van der Waals surface area contributed by atoms with Crippen LogP contribution in [0.25, 0.3) is 22.3 Å². The molecule has 1 heterocycles. The summed E-state index contributed by atoms with van der Waals surface area (Å²) in [7, 11) is 0. The molecule has 13 heteroatoms. The standard InChI is InChI=1S/C34H25F9O4/c1-2-3-4-18-16-44-32(45-17-18)20-5-8-24(25(35)12-20)21-13-28(38)31(29(39)14-21)34(42,43)47-22-7-9-23(26(36)15-22)19-6-10-30(27(37)11-19)46-33(40)41/h2,5-15,18,32-33H,1,3-4,16-17H2. The van der Waals surface area contributed by atoms with Crippen LogP contribution in [0, 0.1) is 35.0 Å². The molecule has 248 valence electrons. The maximum absolute atomic E-state index is 15.1. The van der Waals surface area contributed by atoms with Gasteiger partial charge in [0.2, 0.25) is 0 Å². The van der Waals surface area contributed by atoms with Gasteiger partial charge in [-0.25, -0.2) is 22.0 Å². The fraction of sp³-hybridized carbons (Fsp3) is 0.235. The average Bonchev–Trinajstić information content (AvgIpc) is 3.00. The molecule has 0 radical (unpaired) electrons. The van der Waals surface area contributed by atoms with Crippen LogP contribution in [-0.4, -0.2) is 19.8 Å². The van der Waals surface area contributed by atoms with E-state index in [2.05, 4.69) is 16.1 Å². The number of alkyl halides is 4. The van der Waals surface area contributed by atoms with Crippen molar-refractivity contribution in [1.82, 2.24) is 0 Å². The molecular formula is C34H25F9O4. The zero-order valence-electron chi connectivity index (χ0n) is 24.2. The first kappa shape index (κ1) is 33.9. The third-order valence-electron chi connectivity index (χ3n) is 7.30. The molecule has 0 amide bonds. The molecule has 47 heavy (non-hydrogen) atoms. The van der Waals surface area contributed by atoms with E-state index < -0.39 is 65.2 Å². The Hall–Kier alpha value is -4.49. The van der Waals surface area contributed by atoms with Gasteiger partial charge in [-0.1, -0.05) is 24.3 Å². The maximum atomic E-state index is 15.1. The summed E-state index contributed by atoms with van der Waals surface area (Å²) in [5.74, 6) is -8.38. The van der Waals surface area contributed by atoms with Crippen molar-refractivity contribution < 1.29 is 58.5 Å². The lowest BCUT2D eigenvalue weighted by Crippen LogP contribution is -2.27. The van der Waals surface area contributed by atoms with E-state index in [1.807, 2.05) is 0 Å². The molecule has 0 aromatic heterocycles. The minimum Gasteiger partial charge on any atom is -0.432 e. The molecule has 4 nitrogen and oxygen atoms in total. The second-order valence-electron chi connectivity index (χ2n) is 10.6. The van der Waals surface area contributed by atoms with Crippen LogP contribution >= 0.6 is 0 Å². The number of benzene rings is 4. The van der Waals surface area contributed by atoms with Gasteiger partial charge in [-0.15, -0.1) is 6.58 Å². The average molecular weight is 669 g/mol. The second kappa shape index (κ2) is 14.1. The van der Waals surface area contributed by atoms with Gasteiger partial charge in [-0.05, 0) is 66.4 Å². The molecule has 0 unspecified atom stereocenters. The Labute approximate surface area is 263 Å². The molecule has 0 atom stereocenters. The Bertz CT molecular complexity index is 1730. The van der Waals surface area contributed by atoms with E-state index in [-0.39, 0.29) is 28.2 Å². The SMILES string of the molecule is C=CCCC1COC(c2ccc(-c3cc(F)c(C(F)(F)Oc4ccc(-c5ccc(OC(F)F)c(F)c5)c(F)c4)c(F)c3)c(F)c2)OC1. The first-order valence-corrected chi connectivity index (χ1v) is 14.1. The van der Waals surface area contributed by atoms with Crippen molar-refractivity contribution in [2.75, 3.05) is 13.2 Å². The van der Waals surface area contributed by atoms with Crippen LogP contribution in [0.5, 0.6) is 11.5 Å².